The number of ether oxygens (including phenoxy) is 1. The molecule has 0 aliphatic heterocycles. The molecule has 0 radical (unpaired) electrons. The van der Waals surface area contributed by atoms with E-state index in [9.17, 15) is 22.0 Å². The van der Waals surface area contributed by atoms with Gasteiger partial charge in [-0.1, -0.05) is 6.07 Å². The fraction of sp³-hybridized carbons (Fsp3) is 0.100. The normalized spacial score (nSPS) is 11.1. The van der Waals surface area contributed by atoms with E-state index < -0.39 is 21.7 Å². The molecule has 0 aliphatic rings. The molecule has 0 fully saturated rings. The van der Waals surface area contributed by atoms with E-state index in [2.05, 4.69) is 4.72 Å². The Balaban J connectivity index is 1.95. The number of aromatic nitrogens is 1. The average molecular weight is 419 g/mol. The zero-order valence-corrected chi connectivity index (χ0v) is 16.1. The van der Waals surface area contributed by atoms with Crippen LogP contribution in [-0.2, 0) is 16.6 Å². The summed E-state index contributed by atoms with van der Waals surface area (Å²) < 4.78 is 59.7. The van der Waals surface area contributed by atoms with Crippen molar-refractivity contribution >= 4 is 21.5 Å². The van der Waals surface area contributed by atoms with Crippen LogP contribution in [0.4, 0.5) is 14.5 Å². The second-order valence-corrected chi connectivity index (χ2v) is 7.98. The summed E-state index contributed by atoms with van der Waals surface area (Å²) in [4.78, 5) is 12.6. The highest BCUT2D eigenvalue weighted by molar-refractivity contribution is 7.92. The van der Waals surface area contributed by atoms with Crippen LogP contribution >= 0.6 is 0 Å². The summed E-state index contributed by atoms with van der Waals surface area (Å²) in [6, 6.07) is 12.2. The molecule has 0 atom stereocenters. The highest BCUT2D eigenvalue weighted by Gasteiger charge is 2.18. The minimum absolute atomic E-state index is 0.0140. The number of benzene rings is 2. The molecule has 0 amide bonds. The molecule has 1 N–H and O–H groups in total. The van der Waals surface area contributed by atoms with Gasteiger partial charge in [-0.15, -0.1) is 0 Å². The monoisotopic (exact) mass is 419 g/mol. The van der Waals surface area contributed by atoms with Gasteiger partial charge in [0.25, 0.3) is 0 Å². The largest absolute Gasteiger partial charge is 0.452 e. The molecule has 150 valence electrons. The predicted octanol–water partition coefficient (Wildman–Crippen LogP) is 3.30. The second-order valence-electron chi connectivity index (χ2n) is 6.23. The van der Waals surface area contributed by atoms with Crippen molar-refractivity contribution in [3.63, 3.8) is 0 Å². The van der Waals surface area contributed by atoms with Crippen molar-refractivity contribution < 1.29 is 31.3 Å². The van der Waals surface area contributed by atoms with Crippen LogP contribution in [0.3, 0.4) is 0 Å². The summed E-state index contributed by atoms with van der Waals surface area (Å²) in [7, 11) is -3.66. The maximum atomic E-state index is 14.0. The lowest BCUT2D eigenvalue weighted by molar-refractivity contribution is -0.683. The SMILES string of the molecule is CS(=O)(=O)Nc1ccc(C(=O)C[n+]2ccccc2)cc1Oc1ccc(F)cc1F. The lowest BCUT2D eigenvalue weighted by Crippen LogP contribution is -2.36. The van der Waals surface area contributed by atoms with E-state index in [1.165, 1.54) is 18.2 Å². The van der Waals surface area contributed by atoms with Crippen LogP contribution in [0.5, 0.6) is 11.5 Å². The number of nitrogens with one attached hydrogen (secondary N) is 1. The van der Waals surface area contributed by atoms with E-state index in [-0.39, 0.29) is 35.1 Å². The fourth-order valence-corrected chi connectivity index (χ4v) is 3.11. The van der Waals surface area contributed by atoms with Gasteiger partial charge in [0.15, 0.2) is 29.7 Å². The van der Waals surface area contributed by atoms with Gasteiger partial charge in [-0.05, 0) is 30.3 Å². The van der Waals surface area contributed by atoms with Crippen LogP contribution in [0.15, 0.2) is 67.0 Å². The number of carbonyl (C=O) groups is 1. The van der Waals surface area contributed by atoms with Gasteiger partial charge in [0.05, 0.1) is 11.9 Å². The predicted molar refractivity (Wildman–Crippen MR) is 102 cm³/mol. The number of hydrogen-bond acceptors (Lipinski definition) is 4. The first-order valence-electron chi connectivity index (χ1n) is 8.43. The van der Waals surface area contributed by atoms with Crippen molar-refractivity contribution in [3.8, 4) is 11.5 Å². The molecule has 0 saturated carbocycles. The second kappa shape index (κ2) is 8.36. The first kappa shape index (κ1) is 20.4. The van der Waals surface area contributed by atoms with E-state index >= 15 is 0 Å². The summed E-state index contributed by atoms with van der Waals surface area (Å²) in [6.07, 6.45) is 4.39. The number of anilines is 1. The number of halogens is 2. The molecule has 3 aromatic rings. The molecule has 0 saturated heterocycles. The zero-order valence-electron chi connectivity index (χ0n) is 15.3. The highest BCUT2D eigenvalue weighted by atomic mass is 32.2. The Bertz CT molecular complexity index is 1150. The van der Waals surface area contributed by atoms with Gasteiger partial charge in [0, 0.05) is 23.8 Å². The number of carbonyl (C=O) groups excluding carboxylic acids is 1. The van der Waals surface area contributed by atoms with Crippen LogP contribution in [0, 0.1) is 11.6 Å². The highest BCUT2D eigenvalue weighted by Crippen LogP contribution is 2.33. The Morgan fingerprint density at radius 2 is 1.76 bits per heavy atom. The van der Waals surface area contributed by atoms with Crippen molar-refractivity contribution in [1.82, 2.24) is 0 Å². The summed E-state index contributed by atoms with van der Waals surface area (Å²) >= 11 is 0. The van der Waals surface area contributed by atoms with E-state index in [1.54, 1.807) is 29.1 Å². The molecule has 2 aromatic carbocycles. The van der Waals surface area contributed by atoms with Crippen molar-refractivity contribution in [3.05, 3.63) is 84.2 Å². The standard InChI is InChI=1S/C20H16F2N2O4S/c1-29(26,27)23-17-7-5-14(18(25)13-24-9-3-2-4-10-24)11-20(17)28-19-8-6-15(21)12-16(19)22/h2-12H,13H2,1H3/p+1. The molecule has 0 unspecified atom stereocenters. The number of rotatable bonds is 7. The van der Waals surface area contributed by atoms with Crippen molar-refractivity contribution in [2.45, 2.75) is 6.54 Å². The minimum atomic E-state index is -3.66. The van der Waals surface area contributed by atoms with Gasteiger partial charge in [-0.2, -0.15) is 4.57 Å². The lowest BCUT2D eigenvalue weighted by atomic mass is 10.1. The van der Waals surface area contributed by atoms with Crippen LogP contribution in [0.25, 0.3) is 0 Å². The third-order valence-corrected chi connectivity index (χ3v) is 4.41. The topological polar surface area (TPSA) is 76.4 Å². The Hall–Kier alpha value is -3.33. The molecular weight excluding hydrogens is 402 g/mol. The number of ketones is 1. The van der Waals surface area contributed by atoms with Crippen molar-refractivity contribution in [2.24, 2.45) is 0 Å². The average Bonchev–Trinajstić information content (AvgIpc) is 2.65. The Labute approximate surface area is 166 Å². The van der Waals surface area contributed by atoms with Gasteiger partial charge in [0.2, 0.25) is 22.4 Å². The van der Waals surface area contributed by atoms with Gasteiger partial charge >= 0.3 is 0 Å². The summed E-state index contributed by atoms with van der Waals surface area (Å²) in [5.41, 5.74) is 0.248. The minimum Gasteiger partial charge on any atom is -0.452 e. The lowest BCUT2D eigenvalue weighted by Gasteiger charge is -2.14. The van der Waals surface area contributed by atoms with Crippen LogP contribution in [-0.4, -0.2) is 20.5 Å². The summed E-state index contributed by atoms with van der Waals surface area (Å²) in [5, 5.41) is 0. The molecule has 0 spiro atoms. The molecule has 29 heavy (non-hydrogen) atoms. The molecule has 0 aliphatic carbocycles. The Morgan fingerprint density at radius 3 is 2.41 bits per heavy atom. The third kappa shape index (κ3) is 5.58. The smallest absolute Gasteiger partial charge is 0.229 e. The summed E-state index contributed by atoms with van der Waals surface area (Å²) in [6.45, 7) is 0.0457. The van der Waals surface area contributed by atoms with Gasteiger partial charge in [-0.3, -0.25) is 9.52 Å². The first-order valence-corrected chi connectivity index (χ1v) is 10.3. The van der Waals surface area contributed by atoms with Gasteiger partial charge in [0.1, 0.15) is 5.82 Å². The molecule has 3 rings (SSSR count). The summed E-state index contributed by atoms with van der Waals surface area (Å²) in [5.74, 6) is -2.42. The number of pyridine rings is 1. The Morgan fingerprint density at radius 1 is 1.03 bits per heavy atom. The molecule has 1 heterocycles. The number of nitrogens with zero attached hydrogens (tertiary/aromatic N) is 1. The van der Waals surface area contributed by atoms with E-state index in [0.717, 1.165) is 18.4 Å². The zero-order chi connectivity index (χ0) is 21.0. The third-order valence-electron chi connectivity index (χ3n) is 3.82. The molecule has 0 bridgehead atoms. The molecule has 6 nitrogen and oxygen atoms in total. The maximum Gasteiger partial charge on any atom is 0.229 e. The number of Topliss-reactive ketones (excluding diaryl/α,β-unsaturated/α-hetero) is 1. The van der Waals surface area contributed by atoms with Crippen LogP contribution < -0.4 is 14.0 Å². The molecular formula is C20H17F2N2O4S+. The maximum absolute atomic E-state index is 14.0. The fourth-order valence-electron chi connectivity index (χ4n) is 2.54. The van der Waals surface area contributed by atoms with Gasteiger partial charge in [-0.25, -0.2) is 17.2 Å². The van der Waals surface area contributed by atoms with Crippen molar-refractivity contribution in [2.75, 3.05) is 11.0 Å². The quantitative estimate of drug-likeness (QED) is 0.471. The van der Waals surface area contributed by atoms with Gasteiger partial charge < -0.3 is 4.74 Å². The first-order chi connectivity index (χ1) is 13.7. The van der Waals surface area contributed by atoms with Crippen LogP contribution in [0.1, 0.15) is 10.4 Å². The molecule has 1 aromatic heterocycles. The van der Waals surface area contributed by atoms with Crippen molar-refractivity contribution in [1.29, 1.82) is 0 Å². The molecule has 9 heteroatoms. The van der Waals surface area contributed by atoms with Crippen LogP contribution in [0.2, 0.25) is 0 Å². The number of hydrogen-bond donors (Lipinski definition) is 1. The number of sulfonamides is 1. The Kier molecular flexibility index (Phi) is 5.88. The van der Waals surface area contributed by atoms with E-state index in [1.807, 2.05) is 6.07 Å². The van der Waals surface area contributed by atoms with E-state index in [0.29, 0.717) is 6.07 Å². The van der Waals surface area contributed by atoms with E-state index in [4.69, 9.17) is 4.74 Å².